The highest BCUT2D eigenvalue weighted by Gasteiger charge is 2.37. The number of carboxylic acid groups (broad SMARTS) is 1. The van der Waals surface area contributed by atoms with E-state index in [0.29, 0.717) is 6.61 Å². The van der Waals surface area contributed by atoms with Gasteiger partial charge < -0.3 is 20.3 Å². The molecule has 4 rings (SSSR count). The minimum Gasteiger partial charge on any atom is -0.872 e. The summed E-state index contributed by atoms with van der Waals surface area (Å²) in [4.78, 5) is 50.0. The average molecular weight is 409 g/mol. The number of carbonyl (C=O) groups excluding carboxylic acids is 3. The largest absolute Gasteiger partial charge is 0.872 e. The Morgan fingerprint density at radius 1 is 1.13 bits per heavy atom. The third-order valence-electron chi connectivity index (χ3n) is 5.11. The van der Waals surface area contributed by atoms with Crippen LogP contribution in [-0.4, -0.2) is 53.0 Å². The summed E-state index contributed by atoms with van der Waals surface area (Å²) in [5.41, 5.74) is 0.134. The van der Waals surface area contributed by atoms with Crippen molar-refractivity contribution in [2.45, 2.75) is 18.9 Å². The lowest BCUT2D eigenvalue weighted by molar-refractivity contribution is -0.268. The van der Waals surface area contributed by atoms with Gasteiger partial charge in [-0.25, -0.2) is 4.79 Å². The highest BCUT2D eigenvalue weighted by atomic mass is 16.5. The smallest absolute Gasteiger partial charge is 0.335 e. The number of ether oxygens (including phenoxy) is 1. The van der Waals surface area contributed by atoms with Crippen LogP contribution < -0.4 is 10.4 Å². The Bertz CT molecular complexity index is 1070. The molecule has 2 aromatic carbocycles. The van der Waals surface area contributed by atoms with Crippen molar-refractivity contribution in [1.29, 1.82) is 0 Å². The van der Waals surface area contributed by atoms with Gasteiger partial charge in [0.25, 0.3) is 17.7 Å². The molecule has 2 aliphatic heterocycles. The minimum atomic E-state index is -1.40. The number of hydrogen-bond acceptors (Lipinski definition) is 6. The first-order valence-corrected chi connectivity index (χ1v) is 9.32. The van der Waals surface area contributed by atoms with E-state index in [2.05, 4.69) is 5.32 Å². The van der Waals surface area contributed by atoms with Gasteiger partial charge in [0.15, 0.2) is 0 Å². The molecule has 30 heavy (non-hydrogen) atoms. The van der Waals surface area contributed by atoms with E-state index in [1.54, 1.807) is 0 Å². The molecule has 2 aliphatic rings. The summed E-state index contributed by atoms with van der Waals surface area (Å²) < 4.78 is 5.50. The van der Waals surface area contributed by atoms with E-state index in [1.807, 2.05) is 0 Å². The van der Waals surface area contributed by atoms with Crippen LogP contribution >= 0.6 is 0 Å². The summed E-state index contributed by atoms with van der Waals surface area (Å²) in [7, 11) is 0. The summed E-state index contributed by atoms with van der Waals surface area (Å²) in [5.74, 6) is -3.58. The first kappa shape index (κ1) is 19.6. The summed E-state index contributed by atoms with van der Waals surface area (Å²) in [6.45, 7) is 0.780. The fourth-order valence-electron chi connectivity index (χ4n) is 3.57. The zero-order chi connectivity index (χ0) is 21.4. The van der Waals surface area contributed by atoms with Gasteiger partial charge in [-0.05, 0) is 43.2 Å². The molecule has 0 bridgehead atoms. The van der Waals surface area contributed by atoms with E-state index in [0.717, 1.165) is 29.9 Å². The number of nitrogens with zero attached hydrogens (tertiary/aromatic N) is 1. The molecule has 154 valence electrons. The number of benzene rings is 2. The molecule has 1 saturated heterocycles. The fraction of sp³-hybridized carbons (Fsp3) is 0.238. The first-order valence-electron chi connectivity index (χ1n) is 9.32. The molecule has 0 unspecified atom stereocenters. The molecule has 0 saturated carbocycles. The maximum absolute atomic E-state index is 12.7. The summed E-state index contributed by atoms with van der Waals surface area (Å²) >= 11 is 0. The zero-order valence-electron chi connectivity index (χ0n) is 15.7. The normalized spacial score (nSPS) is 17.9. The minimum absolute atomic E-state index is 0.122. The van der Waals surface area contributed by atoms with Crippen LogP contribution in [-0.2, 0) is 4.74 Å². The predicted molar refractivity (Wildman–Crippen MR) is 102 cm³/mol. The lowest BCUT2D eigenvalue weighted by atomic mass is 10.1. The number of anilines is 1. The van der Waals surface area contributed by atoms with Gasteiger partial charge in [0.2, 0.25) is 0 Å². The van der Waals surface area contributed by atoms with Crippen LogP contribution in [0.25, 0.3) is 0 Å². The number of imide groups is 1. The van der Waals surface area contributed by atoms with Crippen LogP contribution in [0.3, 0.4) is 0 Å². The van der Waals surface area contributed by atoms with Gasteiger partial charge in [-0.15, -0.1) is 0 Å². The molecule has 2 N–H and O–H groups in total. The van der Waals surface area contributed by atoms with Crippen molar-refractivity contribution in [2.75, 3.05) is 18.5 Å². The highest BCUT2D eigenvalue weighted by Crippen LogP contribution is 2.27. The van der Waals surface area contributed by atoms with Gasteiger partial charge in [0, 0.05) is 17.9 Å². The summed E-state index contributed by atoms with van der Waals surface area (Å²) in [5, 5.41) is 23.1. The summed E-state index contributed by atoms with van der Waals surface area (Å²) in [6.07, 6.45) is 1.48. The Labute approximate surface area is 170 Å². The van der Waals surface area contributed by atoms with Gasteiger partial charge in [0.1, 0.15) is 0 Å². The molecule has 0 spiro atoms. The Hall–Kier alpha value is -3.72. The van der Waals surface area contributed by atoms with Crippen molar-refractivity contribution >= 4 is 29.4 Å². The van der Waals surface area contributed by atoms with E-state index in [1.165, 1.54) is 24.3 Å². The topological polar surface area (TPSA) is 136 Å². The lowest BCUT2D eigenvalue weighted by Crippen LogP contribution is -2.36. The van der Waals surface area contributed by atoms with Crippen LogP contribution in [0, 0.1) is 0 Å². The van der Waals surface area contributed by atoms with E-state index >= 15 is 0 Å². The Morgan fingerprint density at radius 2 is 1.90 bits per heavy atom. The maximum Gasteiger partial charge on any atom is 0.335 e. The van der Waals surface area contributed by atoms with Gasteiger partial charge in [-0.1, -0.05) is 11.8 Å². The molecule has 2 heterocycles. The third-order valence-corrected chi connectivity index (χ3v) is 5.11. The number of aromatic carboxylic acids is 1. The van der Waals surface area contributed by atoms with Gasteiger partial charge in [-0.2, -0.15) is 0 Å². The van der Waals surface area contributed by atoms with Gasteiger partial charge in [-0.3, -0.25) is 19.3 Å². The fourth-order valence-corrected chi connectivity index (χ4v) is 3.57. The number of rotatable bonds is 5. The van der Waals surface area contributed by atoms with Crippen molar-refractivity contribution < 1.29 is 34.1 Å². The number of hydrogen-bond donors (Lipinski definition) is 2. The molecule has 9 nitrogen and oxygen atoms in total. The monoisotopic (exact) mass is 409 g/mol. The molecule has 0 radical (unpaired) electrons. The molecule has 1 atom stereocenters. The van der Waals surface area contributed by atoms with Crippen LogP contribution in [0.2, 0.25) is 0 Å². The molecule has 9 heteroatoms. The molecule has 2 aromatic rings. The van der Waals surface area contributed by atoms with Crippen molar-refractivity contribution in [3.63, 3.8) is 0 Å². The van der Waals surface area contributed by atoms with Crippen LogP contribution in [0.15, 0.2) is 36.4 Å². The Kier molecular flexibility index (Phi) is 4.96. The number of amides is 3. The maximum atomic E-state index is 12.7. The lowest BCUT2D eigenvalue weighted by Gasteiger charge is -2.17. The quantitative estimate of drug-likeness (QED) is 0.714. The second-order valence-corrected chi connectivity index (χ2v) is 7.09. The molecule has 3 amide bonds. The second-order valence-electron chi connectivity index (χ2n) is 7.09. The number of fused-ring (bicyclic) bond motifs is 1. The third kappa shape index (κ3) is 3.50. The van der Waals surface area contributed by atoms with E-state index in [-0.39, 0.29) is 35.0 Å². The van der Waals surface area contributed by atoms with Gasteiger partial charge >= 0.3 is 5.97 Å². The average Bonchev–Trinajstić information content (AvgIpc) is 3.32. The van der Waals surface area contributed by atoms with Gasteiger partial charge in [0.05, 0.1) is 29.3 Å². The van der Waals surface area contributed by atoms with Crippen molar-refractivity contribution in [2.24, 2.45) is 0 Å². The Balaban J connectivity index is 1.54. The molecule has 1 fully saturated rings. The molecular formula is C21H17N2O7-. The van der Waals surface area contributed by atoms with Crippen LogP contribution in [0.1, 0.15) is 54.3 Å². The predicted octanol–water partition coefficient (Wildman–Crippen LogP) is 1.49. The van der Waals surface area contributed by atoms with E-state index in [4.69, 9.17) is 9.84 Å². The van der Waals surface area contributed by atoms with E-state index < -0.39 is 35.0 Å². The number of nitrogens with one attached hydrogen (secondary N) is 1. The molecular weight excluding hydrogens is 392 g/mol. The molecule has 0 aliphatic carbocycles. The summed E-state index contributed by atoms with van der Waals surface area (Å²) in [6, 6.07) is 7.57. The standard InChI is InChI=1S/C21H18N2O7/c24-17-6-4-12(9-16(17)21(28)29)22-18(25)11-3-5-14-15(8-11)20(27)23(19(14)26)10-13-2-1-7-30-13/h3-6,8-9,13,24H,1-2,7,10H2,(H,22,25)(H,28,29)/p-1/t13-/m0/s1. The first-order chi connectivity index (χ1) is 14.3. The van der Waals surface area contributed by atoms with Crippen LogP contribution in [0.5, 0.6) is 5.75 Å². The molecule has 0 aromatic heterocycles. The SMILES string of the molecule is O=C(Nc1ccc([O-])c(C(=O)O)c1)c1ccc2c(c1)C(=O)N(C[C@@H]1CCCO1)C2=O. The van der Waals surface area contributed by atoms with Crippen molar-refractivity contribution in [3.8, 4) is 5.75 Å². The Morgan fingerprint density at radius 3 is 2.60 bits per heavy atom. The highest BCUT2D eigenvalue weighted by molar-refractivity contribution is 6.22. The zero-order valence-corrected chi connectivity index (χ0v) is 15.7. The van der Waals surface area contributed by atoms with Crippen molar-refractivity contribution in [3.05, 3.63) is 58.7 Å². The van der Waals surface area contributed by atoms with Crippen molar-refractivity contribution in [1.82, 2.24) is 4.90 Å². The number of carboxylic acids is 1. The second kappa shape index (κ2) is 7.60. The van der Waals surface area contributed by atoms with Crippen LogP contribution in [0.4, 0.5) is 5.69 Å². The van der Waals surface area contributed by atoms with E-state index in [9.17, 15) is 24.3 Å². The number of carbonyl (C=O) groups is 4.